The second-order valence-electron chi connectivity index (χ2n) is 6.22. The number of anilines is 1. The van der Waals surface area contributed by atoms with Gasteiger partial charge in [-0.3, -0.25) is 9.59 Å². The molecular weight excluding hydrogens is 381 g/mol. The molecule has 1 atom stereocenters. The van der Waals surface area contributed by atoms with Crippen molar-refractivity contribution < 1.29 is 22.8 Å². The van der Waals surface area contributed by atoms with Gasteiger partial charge in [0.15, 0.2) is 0 Å². The zero-order chi connectivity index (χ0) is 19.8. The Bertz CT molecular complexity index is 851. The van der Waals surface area contributed by atoms with Crippen LogP contribution in [0.15, 0.2) is 48.5 Å². The molecule has 0 bridgehead atoms. The number of amides is 2. The van der Waals surface area contributed by atoms with Crippen LogP contribution in [-0.2, 0) is 11.0 Å². The second kappa shape index (κ2) is 7.23. The first-order chi connectivity index (χ1) is 12.7. The first kappa shape index (κ1) is 19.2. The molecule has 0 N–H and O–H groups in total. The van der Waals surface area contributed by atoms with Crippen LogP contribution in [0.2, 0.25) is 5.02 Å². The number of benzene rings is 2. The summed E-state index contributed by atoms with van der Waals surface area (Å²) < 4.78 is 38.0. The summed E-state index contributed by atoms with van der Waals surface area (Å²) in [7, 11) is 0. The highest BCUT2D eigenvalue weighted by molar-refractivity contribution is 6.30. The monoisotopic (exact) mass is 396 g/mol. The summed E-state index contributed by atoms with van der Waals surface area (Å²) in [6.45, 7) is 2.17. The van der Waals surface area contributed by atoms with Gasteiger partial charge in [-0.2, -0.15) is 13.2 Å². The lowest BCUT2D eigenvalue weighted by Crippen LogP contribution is -2.57. The highest BCUT2D eigenvalue weighted by Gasteiger charge is 2.36. The zero-order valence-electron chi connectivity index (χ0n) is 14.3. The number of alkyl halides is 3. The third-order valence-corrected chi connectivity index (χ3v) is 4.77. The lowest BCUT2D eigenvalue weighted by Gasteiger charge is -2.39. The van der Waals surface area contributed by atoms with Gasteiger partial charge in [0, 0.05) is 29.4 Å². The average molecular weight is 397 g/mol. The summed E-state index contributed by atoms with van der Waals surface area (Å²) in [5.41, 5.74) is -0.0313. The maximum atomic E-state index is 12.7. The molecule has 0 unspecified atom stereocenters. The quantitative estimate of drug-likeness (QED) is 0.762. The van der Waals surface area contributed by atoms with Crippen LogP contribution in [0.3, 0.4) is 0 Å². The Morgan fingerprint density at radius 3 is 2.19 bits per heavy atom. The lowest BCUT2D eigenvalue weighted by molar-refractivity contribution is -0.137. The highest BCUT2D eigenvalue weighted by Crippen LogP contribution is 2.29. The first-order valence-electron chi connectivity index (χ1n) is 8.23. The average Bonchev–Trinajstić information content (AvgIpc) is 2.64. The molecule has 1 aliphatic heterocycles. The third kappa shape index (κ3) is 3.93. The molecule has 0 spiro atoms. The summed E-state index contributed by atoms with van der Waals surface area (Å²) in [4.78, 5) is 28.3. The normalized spacial score (nSPS) is 18.0. The van der Waals surface area contributed by atoms with E-state index in [0.717, 1.165) is 24.3 Å². The molecule has 1 fully saturated rings. The SMILES string of the molecule is C[C@H]1C(=O)N(c2ccc(Cl)cc2)CCN1C(=O)c1ccc(C(F)(F)F)cc1. The van der Waals surface area contributed by atoms with Crippen LogP contribution >= 0.6 is 11.6 Å². The number of hydrogen-bond acceptors (Lipinski definition) is 2. The molecule has 142 valence electrons. The molecule has 2 amide bonds. The van der Waals surface area contributed by atoms with Crippen LogP contribution in [0.1, 0.15) is 22.8 Å². The molecule has 1 aliphatic rings. The van der Waals surface area contributed by atoms with Gasteiger partial charge in [0.2, 0.25) is 5.91 Å². The fraction of sp³-hybridized carbons (Fsp3) is 0.263. The van der Waals surface area contributed by atoms with Crippen molar-refractivity contribution in [1.29, 1.82) is 0 Å². The van der Waals surface area contributed by atoms with E-state index in [1.807, 2.05) is 0 Å². The summed E-state index contributed by atoms with van der Waals surface area (Å²) >= 11 is 5.86. The Labute approximate surface area is 159 Å². The number of carbonyl (C=O) groups is 2. The minimum Gasteiger partial charge on any atom is -0.325 e. The molecule has 2 aromatic carbocycles. The molecule has 1 heterocycles. The molecule has 27 heavy (non-hydrogen) atoms. The summed E-state index contributed by atoms with van der Waals surface area (Å²) in [5.74, 6) is -0.732. The standard InChI is InChI=1S/C19H16ClF3N2O2/c1-12-17(26)25(16-8-6-15(20)7-9-16)11-10-24(12)18(27)13-2-4-14(5-3-13)19(21,22)23/h2-9,12H,10-11H2,1H3/t12-/m0/s1. The van der Waals surface area contributed by atoms with E-state index in [9.17, 15) is 22.8 Å². The Kier molecular flexibility index (Phi) is 5.15. The Balaban J connectivity index is 1.76. The van der Waals surface area contributed by atoms with Crippen LogP contribution < -0.4 is 4.90 Å². The fourth-order valence-electron chi connectivity index (χ4n) is 2.99. The van der Waals surface area contributed by atoms with E-state index in [1.165, 1.54) is 4.90 Å². The van der Waals surface area contributed by atoms with Crippen molar-refractivity contribution in [3.63, 3.8) is 0 Å². The summed E-state index contributed by atoms with van der Waals surface area (Å²) in [6, 6.07) is 10.1. The van der Waals surface area contributed by atoms with Crippen molar-refractivity contribution in [3.05, 3.63) is 64.7 Å². The van der Waals surface area contributed by atoms with Crippen molar-refractivity contribution in [2.75, 3.05) is 18.0 Å². The lowest BCUT2D eigenvalue weighted by atomic mass is 10.1. The molecule has 0 aromatic heterocycles. The summed E-state index contributed by atoms with van der Waals surface area (Å²) in [5, 5.41) is 0.551. The van der Waals surface area contributed by atoms with Gasteiger partial charge in [-0.15, -0.1) is 0 Å². The van der Waals surface area contributed by atoms with Gasteiger partial charge in [-0.05, 0) is 55.5 Å². The van der Waals surface area contributed by atoms with Crippen LogP contribution in [-0.4, -0.2) is 35.8 Å². The maximum absolute atomic E-state index is 12.7. The number of rotatable bonds is 2. The molecule has 0 aliphatic carbocycles. The van der Waals surface area contributed by atoms with E-state index in [4.69, 9.17) is 11.6 Å². The third-order valence-electron chi connectivity index (χ3n) is 4.51. The van der Waals surface area contributed by atoms with Gasteiger partial charge in [0.05, 0.1) is 5.56 Å². The minimum absolute atomic E-state index is 0.114. The number of piperazine rings is 1. The van der Waals surface area contributed by atoms with Gasteiger partial charge in [0.25, 0.3) is 5.91 Å². The topological polar surface area (TPSA) is 40.6 Å². The number of nitrogens with zero attached hydrogens (tertiary/aromatic N) is 2. The van der Waals surface area contributed by atoms with Crippen molar-refractivity contribution in [2.24, 2.45) is 0 Å². The van der Waals surface area contributed by atoms with E-state index in [0.29, 0.717) is 10.7 Å². The van der Waals surface area contributed by atoms with Crippen LogP contribution in [0, 0.1) is 0 Å². The van der Waals surface area contributed by atoms with Gasteiger partial charge < -0.3 is 9.80 Å². The fourth-order valence-corrected chi connectivity index (χ4v) is 3.12. The van der Waals surface area contributed by atoms with Crippen molar-refractivity contribution in [3.8, 4) is 0 Å². The molecule has 4 nitrogen and oxygen atoms in total. The van der Waals surface area contributed by atoms with E-state index in [2.05, 4.69) is 0 Å². The van der Waals surface area contributed by atoms with Gasteiger partial charge in [-0.1, -0.05) is 11.6 Å². The molecule has 0 saturated carbocycles. The number of hydrogen-bond donors (Lipinski definition) is 0. The predicted molar refractivity (Wildman–Crippen MR) is 95.7 cm³/mol. The van der Waals surface area contributed by atoms with Gasteiger partial charge in [0.1, 0.15) is 6.04 Å². The Hall–Kier alpha value is -2.54. The van der Waals surface area contributed by atoms with E-state index in [-0.39, 0.29) is 24.6 Å². The Morgan fingerprint density at radius 1 is 1.04 bits per heavy atom. The second-order valence-corrected chi connectivity index (χ2v) is 6.65. The van der Waals surface area contributed by atoms with Gasteiger partial charge in [-0.25, -0.2) is 0 Å². The molecule has 8 heteroatoms. The smallest absolute Gasteiger partial charge is 0.325 e. The number of halogens is 4. The van der Waals surface area contributed by atoms with E-state index < -0.39 is 23.7 Å². The molecule has 0 radical (unpaired) electrons. The van der Waals surface area contributed by atoms with E-state index >= 15 is 0 Å². The first-order valence-corrected chi connectivity index (χ1v) is 8.61. The molecular formula is C19H16ClF3N2O2. The van der Waals surface area contributed by atoms with Crippen LogP contribution in [0.4, 0.5) is 18.9 Å². The van der Waals surface area contributed by atoms with E-state index in [1.54, 1.807) is 36.1 Å². The summed E-state index contributed by atoms with van der Waals surface area (Å²) in [6.07, 6.45) is -4.46. The van der Waals surface area contributed by atoms with Crippen LogP contribution in [0.25, 0.3) is 0 Å². The van der Waals surface area contributed by atoms with Crippen molar-refractivity contribution >= 4 is 29.1 Å². The van der Waals surface area contributed by atoms with Crippen molar-refractivity contribution in [1.82, 2.24) is 4.90 Å². The zero-order valence-corrected chi connectivity index (χ0v) is 15.1. The highest BCUT2D eigenvalue weighted by atomic mass is 35.5. The largest absolute Gasteiger partial charge is 0.416 e. The number of carbonyl (C=O) groups excluding carboxylic acids is 2. The minimum atomic E-state index is -4.46. The molecule has 2 aromatic rings. The van der Waals surface area contributed by atoms with Crippen LogP contribution in [0.5, 0.6) is 0 Å². The van der Waals surface area contributed by atoms with Crippen molar-refractivity contribution in [2.45, 2.75) is 19.1 Å². The predicted octanol–water partition coefficient (Wildman–Crippen LogP) is 4.24. The molecule has 3 rings (SSSR count). The molecule has 1 saturated heterocycles. The Morgan fingerprint density at radius 2 is 1.63 bits per heavy atom. The maximum Gasteiger partial charge on any atom is 0.416 e. The van der Waals surface area contributed by atoms with Gasteiger partial charge >= 0.3 is 6.18 Å².